The zero-order chi connectivity index (χ0) is 14.0. The fraction of sp³-hybridized carbons (Fsp3) is 0.500. The van der Waals surface area contributed by atoms with Crippen LogP contribution in [0.2, 0.25) is 0 Å². The van der Waals surface area contributed by atoms with Crippen molar-refractivity contribution in [3.63, 3.8) is 0 Å². The number of carbonyl (C=O) groups is 1. The minimum Gasteiger partial charge on any atom is -0.496 e. The molecule has 104 valence electrons. The number of nitrogens with zero attached hydrogens (tertiary/aromatic N) is 1. The van der Waals surface area contributed by atoms with Crippen molar-refractivity contribution in [1.82, 2.24) is 0 Å². The number of fused-ring (bicyclic) bond motifs is 1. The van der Waals surface area contributed by atoms with Gasteiger partial charge in [-0.1, -0.05) is 6.07 Å². The van der Waals surface area contributed by atoms with E-state index in [1.807, 2.05) is 12.1 Å². The van der Waals surface area contributed by atoms with E-state index in [2.05, 4.69) is 11.9 Å². The molecule has 0 amide bonds. The highest BCUT2D eigenvalue weighted by Gasteiger charge is 2.24. The Morgan fingerprint density at radius 2 is 2.32 bits per heavy atom. The number of benzene rings is 1. The first-order valence-corrected chi connectivity index (χ1v) is 6.43. The van der Waals surface area contributed by atoms with Crippen LogP contribution in [-0.2, 0) is 11.2 Å². The van der Waals surface area contributed by atoms with Crippen LogP contribution in [0.25, 0.3) is 0 Å². The molecular formula is C14H20N2O3. The van der Waals surface area contributed by atoms with Crippen LogP contribution in [-0.4, -0.2) is 31.8 Å². The highest BCUT2D eigenvalue weighted by Crippen LogP contribution is 2.39. The van der Waals surface area contributed by atoms with E-state index in [1.165, 1.54) is 11.3 Å². The van der Waals surface area contributed by atoms with Crippen molar-refractivity contribution >= 4 is 11.7 Å². The molecule has 1 aliphatic heterocycles. The smallest absolute Gasteiger partial charge is 0.303 e. The Balaban J connectivity index is 2.29. The predicted octanol–water partition coefficient (Wildman–Crippen LogP) is 1.55. The summed E-state index contributed by atoms with van der Waals surface area (Å²) in [4.78, 5) is 12.8. The summed E-state index contributed by atoms with van der Waals surface area (Å²) in [7, 11) is 3.69. The van der Waals surface area contributed by atoms with Gasteiger partial charge in [0.1, 0.15) is 5.75 Å². The maximum absolute atomic E-state index is 10.6. The first-order chi connectivity index (χ1) is 9.04. The van der Waals surface area contributed by atoms with E-state index in [-0.39, 0.29) is 12.5 Å². The molecule has 1 heterocycles. The van der Waals surface area contributed by atoms with Crippen LogP contribution in [0.15, 0.2) is 12.1 Å². The fourth-order valence-electron chi connectivity index (χ4n) is 2.60. The molecule has 0 radical (unpaired) electrons. The zero-order valence-electron chi connectivity index (χ0n) is 11.3. The lowest BCUT2D eigenvalue weighted by atomic mass is 9.97. The number of aliphatic carboxylic acids is 1. The number of carboxylic acids is 1. The number of anilines is 1. The van der Waals surface area contributed by atoms with Gasteiger partial charge in [0, 0.05) is 42.9 Å². The molecule has 0 saturated carbocycles. The zero-order valence-corrected chi connectivity index (χ0v) is 11.3. The molecule has 0 fully saturated rings. The average Bonchev–Trinajstić information content (AvgIpc) is 2.76. The maximum Gasteiger partial charge on any atom is 0.303 e. The van der Waals surface area contributed by atoms with Gasteiger partial charge in [0.05, 0.1) is 7.11 Å². The molecule has 1 aromatic carbocycles. The number of methoxy groups -OCH3 is 1. The Labute approximate surface area is 113 Å². The second kappa shape index (κ2) is 5.48. The van der Waals surface area contributed by atoms with Crippen LogP contribution in [0.1, 0.15) is 30.0 Å². The van der Waals surface area contributed by atoms with E-state index < -0.39 is 5.97 Å². The highest BCUT2D eigenvalue weighted by atomic mass is 16.5. The van der Waals surface area contributed by atoms with Gasteiger partial charge in [0.2, 0.25) is 0 Å². The molecule has 0 spiro atoms. The number of rotatable bonds is 5. The molecule has 2 rings (SSSR count). The molecule has 1 aromatic rings. The summed E-state index contributed by atoms with van der Waals surface area (Å²) in [5.41, 5.74) is 9.34. The van der Waals surface area contributed by atoms with Crippen LogP contribution in [0.3, 0.4) is 0 Å². The third-order valence-electron chi connectivity index (χ3n) is 3.65. The summed E-state index contributed by atoms with van der Waals surface area (Å²) < 4.78 is 5.51. The number of likely N-dealkylation sites (N-methyl/N-ethyl adjacent to an activating group) is 1. The van der Waals surface area contributed by atoms with Crippen molar-refractivity contribution < 1.29 is 14.6 Å². The normalized spacial score (nSPS) is 15.2. The van der Waals surface area contributed by atoms with Crippen LogP contribution >= 0.6 is 0 Å². The van der Waals surface area contributed by atoms with Crippen LogP contribution in [0, 0.1) is 0 Å². The Morgan fingerprint density at radius 1 is 1.58 bits per heavy atom. The molecule has 5 heteroatoms. The topological polar surface area (TPSA) is 75.8 Å². The molecule has 3 N–H and O–H groups in total. The lowest BCUT2D eigenvalue weighted by Gasteiger charge is -2.19. The van der Waals surface area contributed by atoms with Gasteiger partial charge in [-0.25, -0.2) is 0 Å². The van der Waals surface area contributed by atoms with Crippen molar-refractivity contribution in [2.75, 3.05) is 25.6 Å². The van der Waals surface area contributed by atoms with Crippen molar-refractivity contribution in [2.24, 2.45) is 5.73 Å². The Hall–Kier alpha value is -1.75. The third-order valence-corrected chi connectivity index (χ3v) is 3.65. The number of carboxylic acid groups (broad SMARTS) is 1. The van der Waals surface area contributed by atoms with Gasteiger partial charge in [-0.15, -0.1) is 0 Å². The minimum absolute atomic E-state index is 0.0707. The SMILES string of the molecule is COc1c(C(N)CCC(=O)O)ccc2c1CCN2C. The highest BCUT2D eigenvalue weighted by molar-refractivity contribution is 5.67. The van der Waals surface area contributed by atoms with E-state index >= 15 is 0 Å². The van der Waals surface area contributed by atoms with E-state index in [0.717, 1.165) is 24.3 Å². The van der Waals surface area contributed by atoms with Gasteiger partial charge in [-0.3, -0.25) is 4.79 Å². The first-order valence-electron chi connectivity index (χ1n) is 6.43. The van der Waals surface area contributed by atoms with Gasteiger partial charge in [-0.05, 0) is 18.9 Å². The molecule has 0 aliphatic carbocycles. The summed E-state index contributed by atoms with van der Waals surface area (Å²) in [5.74, 6) is -0.00458. The van der Waals surface area contributed by atoms with Gasteiger partial charge >= 0.3 is 5.97 Å². The molecular weight excluding hydrogens is 244 g/mol. The fourth-order valence-corrected chi connectivity index (χ4v) is 2.60. The van der Waals surface area contributed by atoms with Crippen LogP contribution < -0.4 is 15.4 Å². The van der Waals surface area contributed by atoms with Gasteiger partial charge < -0.3 is 20.5 Å². The lowest BCUT2D eigenvalue weighted by Crippen LogP contribution is -2.14. The second-order valence-corrected chi connectivity index (χ2v) is 4.90. The summed E-state index contributed by atoms with van der Waals surface area (Å²) in [6, 6.07) is 3.69. The number of ether oxygens (including phenoxy) is 1. The summed E-state index contributed by atoms with van der Waals surface area (Å²) in [6.45, 7) is 0.972. The minimum atomic E-state index is -0.824. The molecule has 19 heavy (non-hydrogen) atoms. The predicted molar refractivity (Wildman–Crippen MR) is 73.8 cm³/mol. The largest absolute Gasteiger partial charge is 0.496 e. The monoisotopic (exact) mass is 264 g/mol. The van der Waals surface area contributed by atoms with Gasteiger partial charge in [0.15, 0.2) is 0 Å². The van der Waals surface area contributed by atoms with E-state index in [1.54, 1.807) is 7.11 Å². The standard InChI is InChI=1S/C14H20N2O3/c1-16-8-7-10-12(16)5-3-9(14(10)19-2)11(15)4-6-13(17)18/h3,5,11H,4,6-8,15H2,1-2H3,(H,17,18). The van der Waals surface area contributed by atoms with Crippen molar-refractivity contribution in [3.05, 3.63) is 23.3 Å². The van der Waals surface area contributed by atoms with Crippen LogP contribution in [0.4, 0.5) is 5.69 Å². The third kappa shape index (κ3) is 2.66. The molecule has 1 atom stereocenters. The molecule has 5 nitrogen and oxygen atoms in total. The number of hydrogen-bond donors (Lipinski definition) is 2. The number of nitrogens with two attached hydrogens (primary N) is 1. The van der Waals surface area contributed by atoms with Crippen molar-refractivity contribution in [2.45, 2.75) is 25.3 Å². The quantitative estimate of drug-likeness (QED) is 0.844. The lowest BCUT2D eigenvalue weighted by molar-refractivity contribution is -0.137. The van der Waals surface area contributed by atoms with E-state index in [4.69, 9.17) is 15.6 Å². The molecule has 1 aliphatic rings. The molecule has 0 bridgehead atoms. The summed E-state index contributed by atoms with van der Waals surface area (Å²) in [6.07, 6.45) is 1.43. The summed E-state index contributed by atoms with van der Waals surface area (Å²) in [5, 5.41) is 8.73. The van der Waals surface area contributed by atoms with Crippen molar-refractivity contribution in [1.29, 1.82) is 0 Å². The second-order valence-electron chi connectivity index (χ2n) is 4.90. The van der Waals surface area contributed by atoms with Crippen molar-refractivity contribution in [3.8, 4) is 5.75 Å². The van der Waals surface area contributed by atoms with Crippen LogP contribution in [0.5, 0.6) is 5.75 Å². The Bertz CT molecular complexity index is 488. The number of hydrogen-bond acceptors (Lipinski definition) is 4. The maximum atomic E-state index is 10.6. The first kappa shape index (κ1) is 13.7. The summed E-state index contributed by atoms with van der Waals surface area (Å²) >= 11 is 0. The molecule has 0 saturated heterocycles. The van der Waals surface area contributed by atoms with Gasteiger partial charge in [0.25, 0.3) is 0 Å². The Morgan fingerprint density at radius 3 is 2.95 bits per heavy atom. The van der Waals surface area contributed by atoms with Gasteiger partial charge in [-0.2, -0.15) is 0 Å². The van der Waals surface area contributed by atoms with E-state index in [0.29, 0.717) is 6.42 Å². The average molecular weight is 264 g/mol. The van der Waals surface area contributed by atoms with E-state index in [9.17, 15) is 4.79 Å². The Kier molecular flexibility index (Phi) is 3.95. The molecule has 0 aromatic heterocycles. The molecule has 1 unspecified atom stereocenters.